The molecule has 1 atom stereocenters. The van der Waals surface area contributed by atoms with E-state index in [1.54, 1.807) is 6.20 Å². The lowest BCUT2D eigenvalue weighted by molar-refractivity contribution is -0.132. The Morgan fingerprint density at radius 2 is 1.93 bits per heavy atom. The summed E-state index contributed by atoms with van der Waals surface area (Å²) < 4.78 is 1.88. The molecule has 3 aliphatic rings. The number of aromatic nitrogens is 2. The molecule has 0 aromatic carbocycles. The van der Waals surface area contributed by atoms with E-state index in [0.29, 0.717) is 0 Å². The van der Waals surface area contributed by atoms with E-state index in [-0.39, 0.29) is 36.8 Å². The molecule has 1 aromatic heterocycles. The third-order valence-corrected chi connectivity index (χ3v) is 6.40. The summed E-state index contributed by atoms with van der Waals surface area (Å²) in [7, 11) is 0. The van der Waals surface area contributed by atoms with Gasteiger partial charge in [-0.2, -0.15) is 5.10 Å². The number of hydrogen-bond donors (Lipinski definition) is 2. The van der Waals surface area contributed by atoms with Gasteiger partial charge in [-0.1, -0.05) is 12.8 Å². The number of piperidine rings is 1. The minimum Gasteiger partial charge on any atom is -0.350 e. The summed E-state index contributed by atoms with van der Waals surface area (Å²) in [5.41, 5.74) is -0.520. The summed E-state index contributed by atoms with van der Waals surface area (Å²) >= 11 is 0. The molecule has 0 bridgehead atoms. The van der Waals surface area contributed by atoms with Crippen LogP contribution in [0.25, 0.3) is 0 Å². The monoisotopic (exact) mass is 417 g/mol. The second-order valence-electron chi connectivity index (χ2n) is 8.10. The fourth-order valence-corrected chi connectivity index (χ4v) is 4.92. The van der Waals surface area contributed by atoms with Crippen molar-refractivity contribution in [1.82, 2.24) is 25.3 Å². The van der Waals surface area contributed by atoms with Crippen LogP contribution in [0, 0.1) is 5.92 Å². The van der Waals surface area contributed by atoms with Gasteiger partial charge in [-0.15, -0.1) is 24.8 Å². The zero-order valence-electron chi connectivity index (χ0n) is 15.9. The molecule has 6 nitrogen and oxygen atoms in total. The Labute approximate surface area is 174 Å². The maximum absolute atomic E-state index is 13.2. The number of halogens is 2. The molecule has 8 heteroatoms. The van der Waals surface area contributed by atoms with Gasteiger partial charge in [-0.05, 0) is 57.2 Å². The first-order chi connectivity index (χ1) is 12.3. The van der Waals surface area contributed by atoms with Gasteiger partial charge in [-0.3, -0.25) is 9.48 Å². The lowest BCUT2D eigenvalue weighted by Crippen LogP contribution is -2.56. The minimum absolute atomic E-state index is 0. The number of likely N-dealkylation sites (tertiary alicyclic amines) is 1. The lowest BCUT2D eigenvalue weighted by atomic mass is 9.87. The molecule has 0 radical (unpaired) electrons. The van der Waals surface area contributed by atoms with Crippen molar-refractivity contribution in [2.24, 2.45) is 5.92 Å². The van der Waals surface area contributed by atoms with Crippen molar-refractivity contribution < 1.29 is 4.79 Å². The Balaban J connectivity index is 0.00000131. The van der Waals surface area contributed by atoms with E-state index in [2.05, 4.69) is 20.6 Å². The number of amides is 1. The summed E-state index contributed by atoms with van der Waals surface area (Å²) in [5, 5.41) is 11.1. The van der Waals surface area contributed by atoms with E-state index in [0.717, 1.165) is 51.4 Å². The van der Waals surface area contributed by atoms with Gasteiger partial charge >= 0.3 is 0 Å². The van der Waals surface area contributed by atoms with Crippen LogP contribution in [-0.4, -0.2) is 59.4 Å². The Kier molecular flexibility index (Phi) is 8.40. The number of carbonyl (C=O) groups is 1. The van der Waals surface area contributed by atoms with Crippen LogP contribution < -0.4 is 10.6 Å². The molecule has 1 saturated carbocycles. The molecule has 2 aliphatic heterocycles. The largest absolute Gasteiger partial charge is 0.350 e. The van der Waals surface area contributed by atoms with Crippen molar-refractivity contribution in [3.63, 3.8) is 0 Å². The molecule has 1 aliphatic carbocycles. The minimum atomic E-state index is -0.520. The first kappa shape index (κ1) is 22.5. The molecular weight excluding hydrogens is 385 g/mol. The Hall–Kier alpha value is -0.820. The van der Waals surface area contributed by atoms with Gasteiger partial charge in [0.15, 0.2) is 0 Å². The summed E-state index contributed by atoms with van der Waals surface area (Å²) in [6.07, 6.45) is 12.0. The van der Waals surface area contributed by atoms with Crippen LogP contribution >= 0.6 is 24.8 Å². The maximum atomic E-state index is 13.2. The summed E-state index contributed by atoms with van der Waals surface area (Å²) in [5.74, 6) is 1.04. The van der Waals surface area contributed by atoms with Crippen molar-refractivity contribution in [1.29, 1.82) is 0 Å². The van der Waals surface area contributed by atoms with Gasteiger partial charge in [-0.25, -0.2) is 0 Å². The number of rotatable bonds is 5. The normalized spacial score (nSPS) is 25.6. The average molecular weight is 418 g/mol. The number of nitrogens with one attached hydrogen (secondary N) is 2. The highest BCUT2D eigenvalue weighted by Gasteiger charge is 2.43. The van der Waals surface area contributed by atoms with Crippen molar-refractivity contribution in [2.45, 2.75) is 56.5 Å². The van der Waals surface area contributed by atoms with E-state index in [9.17, 15) is 4.79 Å². The van der Waals surface area contributed by atoms with Crippen LogP contribution in [0.5, 0.6) is 0 Å². The molecule has 0 spiro atoms. The molecule has 3 fully saturated rings. The highest BCUT2D eigenvalue weighted by molar-refractivity contribution is 5.86. The maximum Gasteiger partial charge on any atom is 0.248 e. The topological polar surface area (TPSA) is 62.2 Å². The summed E-state index contributed by atoms with van der Waals surface area (Å²) in [6, 6.07) is 2.20. The number of hydrogen-bond acceptors (Lipinski definition) is 4. The fraction of sp³-hybridized carbons (Fsp3) is 0.789. The van der Waals surface area contributed by atoms with E-state index < -0.39 is 5.54 Å². The zero-order valence-corrected chi connectivity index (χ0v) is 17.6. The SMILES string of the molecule is Cl.Cl.O=C(NC1CCN(CC2CCCC2)C1)C1(n2cccn2)CCNCC1. The molecule has 27 heavy (non-hydrogen) atoms. The molecule has 2 saturated heterocycles. The number of carbonyl (C=O) groups excluding carboxylic acids is 1. The van der Waals surface area contributed by atoms with Crippen molar-refractivity contribution in [3.05, 3.63) is 18.5 Å². The van der Waals surface area contributed by atoms with Gasteiger partial charge in [0.1, 0.15) is 5.54 Å². The van der Waals surface area contributed by atoms with E-state index in [1.165, 1.54) is 32.2 Å². The molecule has 1 amide bonds. The Bertz CT molecular complexity index is 571. The van der Waals surface area contributed by atoms with E-state index >= 15 is 0 Å². The van der Waals surface area contributed by atoms with E-state index in [1.807, 2.05) is 16.9 Å². The second kappa shape index (κ2) is 10.1. The number of nitrogens with zero attached hydrogens (tertiary/aromatic N) is 3. The summed E-state index contributed by atoms with van der Waals surface area (Å²) in [4.78, 5) is 15.8. The van der Waals surface area contributed by atoms with Crippen molar-refractivity contribution in [3.8, 4) is 0 Å². The molecular formula is C19H33Cl2N5O. The highest BCUT2D eigenvalue weighted by atomic mass is 35.5. The van der Waals surface area contributed by atoms with Crippen LogP contribution in [0.3, 0.4) is 0 Å². The van der Waals surface area contributed by atoms with Gasteiger partial charge in [0, 0.05) is 38.1 Å². The summed E-state index contributed by atoms with van der Waals surface area (Å²) in [6.45, 7) is 5.09. The van der Waals surface area contributed by atoms with Gasteiger partial charge in [0.05, 0.1) is 0 Å². The van der Waals surface area contributed by atoms with Crippen LogP contribution in [0.15, 0.2) is 18.5 Å². The third kappa shape index (κ3) is 4.97. The third-order valence-electron chi connectivity index (χ3n) is 6.40. The predicted octanol–water partition coefficient (Wildman–Crippen LogP) is 2.19. The quantitative estimate of drug-likeness (QED) is 0.770. The average Bonchev–Trinajstić information content (AvgIpc) is 3.39. The van der Waals surface area contributed by atoms with Crippen LogP contribution in [0.1, 0.15) is 44.9 Å². The molecule has 2 N–H and O–H groups in total. The molecule has 1 aromatic rings. The van der Waals surface area contributed by atoms with Crippen LogP contribution in [0.2, 0.25) is 0 Å². The van der Waals surface area contributed by atoms with Crippen LogP contribution in [-0.2, 0) is 10.3 Å². The van der Waals surface area contributed by atoms with Crippen LogP contribution in [0.4, 0.5) is 0 Å². The molecule has 154 valence electrons. The van der Waals surface area contributed by atoms with Gasteiger partial charge < -0.3 is 15.5 Å². The van der Waals surface area contributed by atoms with Crippen molar-refractivity contribution >= 4 is 30.7 Å². The van der Waals surface area contributed by atoms with Crippen molar-refractivity contribution in [2.75, 3.05) is 32.7 Å². The Morgan fingerprint density at radius 1 is 1.19 bits per heavy atom. The second-order valence-corrected chi connectivity index (χ2v) is 8.10. The fourth-order valence-electron chi connectivity index (χ4n) is 4.92. The molecule has 1 unspecified atom stereocenters. The highest BCUT2D eigenvalue weighted by Crippen LogP contribution is 2.29. The lowest BCUT2D eigenvalue weighted by Gasteiger charge is -2.37. The smallest absolute Gasteiger partial charge is 0.248 e. The molecule has 3 heterocycles. The molecule has 4 rings (SSSR count). The van der Waals surface area contributed by atoms with E-state index in [4.69, 9.17) is 0 Å². The zero-order chi connectivity index (χ0) is 17.1. The van der Waals surface area contributed by atoms with Gasteiger partial charge in [0.25, 0.3) is 0 Å². The Morgan fingerprint density at radius 3 is 2.59 bits per heavy atom. The standard InChI is InChI=1S/C19H31N5O.2ClH/c25-18(19(7-10-20-11-8-19)24-12-3-9-21-24)22-17-6-13-23(15-17)14-16-4-1-2-5-16;;/h3,9,12,16-17,20H,1-2,4-8,10-11,13-15H2,(H,22,25);2*1H. The first-order valence-electron chi connectivity index (χ1n) is 10.0. The predicted molar refractivity (Wildman–Crippen MR) is 112 cm³/mol. The van der Waals surface area contributed by atoms with Gasteiger partial charge in [0.2, 0.25) is 5.91 Å². The first-order valence-corrected chi connectivity index (χ1v) is 10.0.